The van der Waals surface area contributed by atoms with Gasteiger partial charge in [-0.3, -0.25) is 4.79 Å². The molecule has 0 atom stereocenters. The lowest BCUT2D eigenvalue weighted by Gasteiger charge is -2.38. The number of hydrogen-bond acceptors (Lipinski definition) is 4. The first-order valence-electron chi connectivity index (χ1n) is 9.35. The minimum Gasteiger partial charge on any atom is -0.492 e. The van der Waals surface area contributed by atoms with Crippen molar-refractivity contribution in [1.82, 2.24) is 4.90 Å². The molecule has 4 rings (SSSR count). The van der Waals surface area contributed by atoms with Crippen molar-refractivity contribution in [3.8, 4) is 5.75 Å². The molecule has 2 aromatic rings. The zero-order valence-electron chi connectivity index (χ0n) is 15.1. The van der Waals surface area contributed by atoms with Crippen molar-refractivity contribution in [2.24, 2.45) is 0 Å². The van der Waals surface area contributed by atoms with E-state index in [1.54, 1.807) is 12.1 Å². The molecule has 0 aromatic heterocycles. The molecule has 4 nitrogen and oxygen atoms in total. The highest BCUT2D eigenvalue weighted by molar-refractivity contribution is 6.35. The average Bonchev–Trinajstić information content (AvgIpc) is 3.05. The second-order valence-corrected chi connectivity index (χ2v) is 7.79. The molecule has 0 bridgehead atoms. The summed E-state index contributed by atoms with van der Waals surface area (Å²) in [7, 11) is 0. The first-order valence-corrected chi connectivity index (χ1v) is 9.73. The number of halogens is 1. The van der Waals surface area contributed by atoms with Crippen molar-refractivity contribution < 1.29 is 14.3 Å². The SMILES string of the molecule is O=CCCN1CCC2(CC1)COc1cc(C(=O)c3ccccc3Cl)ccc12. The van der Waals surface area contributed by atoms with Gasteiger partial charge in [0.1, 0.15) is 12.0 Å². The summed E-state index contributed by atoms with van der Waals surface area (Å²) in [5.74, 6) is 0.728. The van der Waals surface area contributed by atoms with Crippen LogP contribution in [0.1, 0.15) is 40.7 Å². The van der Waals surface area contributed by atoms with E-state index in [0.29, 0.717) is 29.2 Å². The van der Waals surface area contributed by atoms with E-state index in [2.05, 4.69) is 4.90 Å². The van der Waals surface area contributed by atoms with Crippen LogP contribution >= 0.6 is 11.6 Å². The number of fused-ring (bicyclic) bond motifs is 2. The van der Waals surface area contributed by atoms with Crippen molar-refractivity contribution in [2.75, 3.05) is 26.2 Å². The minimum absolute atomic E-state index is 0.0268. The molecule has 27 heavy (non-hydrogen) atoms. The summed E-state index contributed by atoms with van der Waals surface area (Å²) in [6, 6.07) is 12.9. The molecule has 1 saturated heterocycles. The Morgan fingerprint density at radius 2 is 1.96 bits per heavy atom. The van der Waals surface area contributed by atoms with Gasteiger partial charge in [0.2, 0.25) is 0 Å². The van der Waals surface area contributed by atoms with Crippen LogP contribution < -0.4 is 4.74 Å². The van der Waals surface area contributed by atoms with Gasteiger partial charge in [0.05, 0.1) is 11.6 Å². The Labute approximate surface area is 164 Å². The van der Waals surface area contributed by atoms with Gasteiger partial charge < -0.3 is 14.4 Å². The van der Waals surface area contributed by atoms with Crippen molar-refractivity contribution in [3.05, 3.63) is 64.2 Å². The van der Waals surface area contributed by atoms with E-state index in [4.69, 9.17) is 16.3 Å². The second-order valence-electron chi connectivity index (χ2n) is 7.39. The van der Waals surface area contributed by atoms with Crippen molar-refractivity contribution in [2.45, 2.75) is 24.7 Å². The normalized spacial score (nSPS) is 18.1. The van der Waals surface area contributed by atoms with Crippen molar-refractivity contribution >= 4 is 23.7 Å². The number of ether oxygens (including phenoxy) is 1. The topological polar surface area (TPSA) is 46.6 Å². The van der Waals surface area contributed by atoms with Crippen LogP contribution in [0, 0.1) is 0 Å². The molecule has 2 aliphatic heterocycles. The van der Waals surface area contributed by atoms with Crippen LogP contribution in [0.4, 0.5) is 0 Å². The number of likely N-dealkylation sites (tertiary alicyclic amines) is 1. The van der Waals surface area contributed by atoms with Crippen LogP contribution in [0.3, 0.4) is 0 Å². The number of hydrogen-bond donors (Lipinski definition) is 0. The van der Waals surface area contributed by atoms with E-state index in [-0.39, 0.29) is 11.2 Å². The number of piperidine rings is 1. The van der Waals surface area contributed by atoms with Gasteiger partial charge in [-0.15, -0.1) is 0 Å². The maximum Gasteiger partial charge on any atom is 0.194 e. The largest absolute Gasteiger partial charge is 0.492 e. The van der Waals surface area contributed by atoms with Crippen LogP contribution in [0.5, 0.6) is 5.75 Å². The van der Waals surface area contributed by atoms with E-state index in [1.165, 1.54) is 5.56 Å². The van der Waals surface area contributed by atoms with Gasteiger partial charge in [0.15, 0.2) is 5.78 Å². The first kappa shape index (κ1) is 18.2. The number of aldehydes is 1. The predicted octanol–water partition coefficient (Wildman–Crippen LogP) is 3.89. The van der Waals surface area contributed by atoms with E-state index in [9.17, 15) is 9.59 Å². The third-order valence-electron chi connectivity index (χ3n) is 5.81. The molecule has 0 amide bonds. The van der Waals surface area contributed by atoms with Gasteiger partial charge in [-0.1, -0.05) is 35.9 Å². The summed E-state index contributed by atoms with van der Waals surface area (Å²) < 4.78 is 6.01. The number of carbonyl (C=O) groups is 2. The number of carbonyl (C=O) groups excluding carboxylic acids is 2. The van der Waals surface area contributed by atoms with Crippen LogP contribution in [-0.2, 0) is 10.2 Å². The number of rotatable bonds is 5. The highest BCUT2D eigenvalue weighted by Crippen LogP contribution is 2.46. The van der Waals surface area contributed by atoms with E-state index in [1.807, 2.05) is 30.3 Å². The molecule has 0 aliphatic carbocycles. The smallest absolute Gasteiger partial charge is 0.194 e. The summed E-state index contributed by atoms with van der Waals surface area (Å²) in [4.78, 5) is 25.7. The fourth-order valence-corrected chi connectivity index (χ4v) is 4.39. The molecule has 2 heterocycles. The molecular formula is C22H22ClNO3. The average molecular weight is 384 g/mol. The minimum atomic E-state index is -0.0865. The summed E-state index contributed by atoms with van der Waals surface area (Å²) in [5, 5.41) is 0.461. The molecule has 1 fully saturated rings. The van der Waals surface area contributed by atoms with Gasteiger partial charge >= 0.3 is 0 Å². The third-order valence-corrected chi connectivity index (χ3v) is 6.14. The van der Waals surface area contributed by atoms with Crippen LogP contribution in [0.2, 0.25) is 5.02 Å². The van der Waals surface area contributed by atoms with E-state index in [0.717, 1.165) is 44.5 Å². The molecule has 5 heteroatoms. The van der Waals surface area contributed by atoms with Gasteiger partial charge in [-0.2, -0.15) is 0 Å². The molecule has 0 N–H and O–H groups in total. The molecular weight excluding hydrogens is 362 g/mol. The molecule has 0 unspecified atom stereocenters. The zero-order valence-corrected chi connectivity index (χ0v) is 15.9. The van der Waals surface area contributed by atoms with Gasteiger partial charge in [-0.05, 0) is 44.1 Å². The molecule has 2 aromatic carbocycles. The maximum absolute atomic E-state index is 12.8. The Hall–Kier alpha value is -2.17. The maximum atomic E-state index is 12.8. The Balaban J connectivity index is 1.54. The lowest BCUT2D eigenvalue weighted by Crippen LogP contribution is -2.43. The lowest BCUT2D eigenvalue weighted by molar-refractivity contribution is -0.108. The summed E-state index contributed by atoms with van der Waals surface area (Å²) in [6.45, 7) is 3.43. The van der Waals surface area contributed by atoms with Crippen molar-refractivity contribution in [3.63, 3.8) is 0 Å². The van der Waals surface area contributed by atoms with E-state index >= 15 is 0 Å². The number of ketones is 1. The third kappa shape index (κ3) is 3.40. The second kappa shape index (κ2) is 7.45. The highest BCUT2D eigenvalue weighted by Gasteiger charge is 2.43. The van der Waals surface area contributed by atoms with Crippen LogP contribution in [-0.4, -0.2) is 43.2 Å². The van der Waals surface area contributed by atoms with Crippen LogP contribution in [0.25, 0.3) is 0 Å². The summed E-state index contributed by atoms with van der Waals surface area (Å²) in [5.41, 5.74) is 2.34. The Morgan fingerprint density at radius 3 is 2.70 bits per heavy atom. The quantitative estimate of drug-likeness (QED) is 0.580. The predicted molar refractivity (Wildman–Crippen MR) is 105 cm³/mol. The zero-order chi connectivity index (χ0) is 18.9. The standard InChI is InChI=1S/C22H22ClNO3/c23-19-5-2-1-4-17(19)21(26)16-6-7-18-20(14-16)27-15-22(18)8-11-24(12-9-22)10-3-13-25/h1-2,4-7,13-14H,3,8-12,15H2. The molecule has 0 radical (unpaired) electrons. The fourth-order valence-electron chi connectivity index (χ4n) is 4.17. The van der Waals surface area contributed by atoms with E-state index < -0.39 is 0 Å². The fraction of sp³-hybridized carbons (Fsp3) is 0.364. The van der Waals surface area contributed by atoms with Crippen LogP contribution in [0.15, 0.2) is 42.5 Å². The molecule has 0 saturated carbocycles. The number of benzene rings is 2. The summed E-state index contributed by atoms with van der Waals surface area (Å²) in [6.07, 6.45) is 3.59. The van der Waals surface area contributed by atoms with Crippen molar-refractivity contribution in [1.29, 1.82) is 0 Å². The Morgan fingerprint density at radius 1 is 1.19 bits per heavy atom. The molecule has 2 aliphatic rings. The monoisotopic (exact) mass is 383 g/mol. The van der Waals surface area contributed by atoms with Gasteiger partial charge in [0, 0.05) is 35.1 Å². The lowest BCUT2D eigenvalue weighted by atomic mass is 9.74. The number of nitrogens with zero attached hydrogens (tertiary/aromatic N) is 1. The Bertz CT molecular complexity index is 872. The summed E-state index contributed by atoms with van der Waals surface area (Å²) >= 11 is 6.17. The Kier molecular flexibility index (Phi) is 5.02. The molecule has 1 spiro atoms. The van der Waals surface area contributed by atoms with Gasteiger partial charge in [-0.25, -0.2) is 0 Å². The molecule has 140 valence electrons. The first-order chi connectivity index (χ1) is 13.1. The highest BCUT2D eigenvalue weighted by atomic mass is 35.5. The van der Waals surface area contributed by atoms with Gasteiger partial charge in [0.25, 0.3) is 0 Å².